The van der Waals surface area contributed by atoms with Gasteiger partial charge in [0.1, 0.15) is 12.4 Å². The van der Waals surface area contributed by atoms with Crippen LogP contribution in [0.2, 0.25) is 0 Å². The summed E-state index contributed by atoms with van der Waals surface area (Å²) in [5.41, 5.74) is 0.854. The molecule has 29 heavy (non-hydrogen) atoms. The van der Waals surface area contributed by atoms with E-state index in [1.807, 2.05) is 24.3 Å². The minimum Gasteiger partial charge on any atom is -0.494 e. The van der Waals surface area contributed by atoms with Crippen LogP contribution < -0.4 is 4.74 Å². The maximum absolute atomic E-state index is 11.5. The van der Waals surface area contributed by atoms with Crippen molar-refractivity contribution in [2.45, 2.75) is 64.9 Å². The van der Waals surface area contributed by atoms with E-state index in [1.165, 1.54) is 32.1 Å². The molecule has 0 atom stereocenters. The lowest BCUT2D eigenvalue weighted by molar-refractivity contribution is -0.192. The molecule has 2 amide bonds. The van der Waals surface area contributed by atoms with Crippen LogP contribution in [0, 0.1) is 0 Å². The second-order valence-corrected chi connectivity index (χ2v) is 6.76. The zero-order chi connectivity index (χ0) is 20.9. The van der Waals surface area contributed by atoms with E-state index >= 15 is 0 Å². The Balaban J connectivity index is 1.60. The summed E-state index contributed by atoms with van der Waals surface area (Å²) in [6.45, 7) is 3.07. The van der Waals surface area contributed by atoms with Crippen molar-refractivity contribution in [3.63, 3.8) is 0 Å². The van der Waals surface area contributed by atoms with Crippen LogP contribution >= 0.6 is 0 Å². The minimum absolute atomic E-state index is 0.0401. The summed E-state index contributed by atoms with van der Waals surface area (Å²) in [6.07, 6.45) is 8.19. The zero-order valence-corrected chi connectivity index (χ0v) is 16.8. The molecule has 1 aromatic rings. The first kappa shape index (κ1) is 22.4. The highest BCUT2D eigenvalue weighted by Gasteiger charge is 2.32. The van der Waals surface area contributed by atoms with Gasteiger partial charge in [-0.1, -0.05) is 56.3 Å². The molecule has 158 valence electrons. The summed E-state index contributed by atoms with van der Waals surface area (Å²) in [5, 5.41) is 3.95. The number of oxime groups is 1. The summed E-state index contributed by atoms with van der Waals surface area (Å²) in [7, 11) is 0. The molecule has 1 fully saturated rings. The predicted octanol–water partition coefficient (Wildman–Crippen LogP) is 3.54. The lowest BCUT2D eigenvalue weighted by Gasteiger charge is -2.10. The van der Waals surface area contributed by atoms with Gasteiger partial charge >= 0.3 is 5.97 Å². The van der Waals surface area contributed by atoms with Gasteiger partial charge in [-0.2, -0.15) is 0 Å². The molecule has 0 spiro atoms. The highest BCUT2D eigenvalue weighted by atomic mass is 16.7. The summed E-state index contributed by atoms with van der Waals surface area (Å²) in [6, 6.07) is 7.43. The molecule has 0 radical (unpaired) electrons. The maximum Gasteiger partial charge on any atom is 0.378 e. The first-order chi connectivity index (χ1) is 14.1. The molecule has 1 aliphatic rings. The molecule has 1 heterocycles. The number of carbonyl (C=O) groups is 3. The highest BCUT2D eigenvalue weighted by Crippen LogP contribution is 2.14. The maximum atomic E-state index is 11.5. The molecule has 0 aromatic heterocycles. The zero-order valence-electron chi connectivity index (χ0n) is 16.8. The first-order valence-electron chi connectivity index (χ1n) is 10.0. The van der Waals surface area contributed by atoms with Gasteiger partial charge in [0.05, 0.1) is 6.61 Å². The van der Waals surface area contributed by atoms with Gasteiger partial charge in [0, 0.05) is 12.8 Å². The Hall–Kier alpha value is -2.90. The van der Waals surface area contributed by atoms with Crippen molar-refractivity contribution in [1.82, 2.24) is 5.06 Å². The fraction of sp³-hybridized carbons (Fsp3) is 0.524. The number of hydrogen-bond acceptors (Lipinski definition) is 7. The van der Waals surface area contributed by atoms with Crippen LogP contribution in [0.15, 0.2) is 29.4 Å². The number of rotatable bonds is 13. The summed E-state index contributed by atoms with van der Waals surface area (Å²) < 4.78 is 5.71. The van der Waals surface area contributed by atoms with Crippen LogP contribution in [-0.2, 0) is 30.7 Å². The van der Waals surface area contributed by atoms with Crippen molar-refractivity contribution in [1.29, 1.82) is 0 Å². The summed E-state index contributed by atoms with van der Waals surface area (Å²) in [4.78, 5) is 43.9. The second-order valence-electron chi connectivity index (χ2n) is 6.76. The van der Waals surface area contributed by atoms with Gasteiger partial charge in [0.25, 0.3) is 11.8 Å². The van der Waals surface area contributed by atoms with Crippen molar-refractivity contribution >= 4 is 24.0 Å². The van der Waals surface area contributed by atoms with E-state index in [9.17, 15) is 14.4 Å². The number of ether oxygens (including phenoxy) is 1. The molecule has 8 heteroatoms. The molecule has 2 rings (SSSR count). The molecule has 1 aliphatic heterocycles. The molecule has 0 unspecified atom stereocenters. The van der Waals surface area contributed by atoms with E-state index < -0.39 is 17.8 Å². The molecule has 1 saturated heterocycles. The number of benzene rings is 1. The van der Waals surface area contributed by atoms with Gasteiger partial charge in [-0.3, -0.25) is 9.59 Å². The van der Waals surface area contributed by atoms with E-state index in [2.05, 4.69) is 16.9 Å². The summed E-state index contributed by atoms with van der Waals surface area (Å²) in [5.74, 6) is -1.24. The Labute approximate surface area is 170 Å². The Morgan fingerprint density at radius 3 is 2.38 bits per heavy atom. The standard InChI is InChI=1S/C21H28N2O6/c1-2-3-4-5-6-7-14-27-18-10-8-17(9-11-18)16-28-22-15-21(26)29-23-19(24)12-13-20(23)25/h8-11,15H,2-7,12-14,16H2,1H3/b22-15-. The van der Waals surface area contributed by atoms with Gasteiger partial charge in [-0.25, -0.2) is 4.79 Å². The first-order valence-corrected chi connectivity index (χ1v) is 10.0. The minimum atomic E-state index is -0.952. The van der Waals surface area contributed by atoms with Gasteiger partial charge in [0.2, 0.25) is 0 Å². The van der Waals surface area contributed by atoms with E-state index in [1.54, 1.807) is 0 Å². The third-order valence-electron chi connectivity index (χ3n) is 4.34. The molecule has 0 aliphatic carbocycles. The van der Waals surface area contributed by atoms with E-state index in [4.69, 9.17) is 9.57 Å². The van der Waals surface area contributed by atoms with Crippen LogP contribution in [0.4, 0.5) is 0 Å². The van der Waals surface area contributed by atoms with E-state index in [-0.39, 0.29) is 19.4 Å². The number of hydroxylamine groups is 2. The number of amides is 2. The normalized spacial score (nSPS) is 13.9. The van der Waals surface area contributed by atoms with Crippen molar-refractivity contribution in [2.75, 3.05) is 6.61 Å². The second kappa shape index (κ2) is 12.5. The van der Waals surface area contributed by atoms with Crippen LogP contribution in [0.25, 0.3) is 0 Å². The SMILES string of the molecule is CCCCCCCCOc1ccc(CO/N=C\C(=O)ON2C(=O)CCC2=O)cc1. The van der Waals surface area contributed by atoms with Gasteiger partial charge in [-0.05, 0) is 24.1 Å². The number of hydrogen-bond donors (Lipinski definition) is 0. The monoisotopic (exact) mass is 404 g/mol. The van der Waals surface area contributed by atoms with Crippen molar-refractivity contribution in [3.8, 4) is 5.75 Å². The van der Waals surface area contributed by atoms with Crippen LogP contribution in [-0.4, -0.2) is 35.7 Å². The molecular weight excluding hydrogens is 376 g/mol. The van der Waals surface area contributed by atoms with Crippen molar-refractivity contribution in [2.24, 2.45) is 5.16 Å². The van der Waals surface area contributed by atoms with Gasteiger partial charge in [0.15, 0.2) is 6.21 Å². The van der Waals surface area contributed by atoms with Gasteiger partial charge in [-0.15, -0.1) is 5.06 Å². The summed E-state index contributed by atoms with van der Waals surface area (Å²) >= 11 is 0. The molecular formula is C21H28N2O6. The molecule has 0 saturated carbocycles. The Morgan fingerprint density at radius 1 is 1.03 bits per heavy atom. The Morgan fingerprint density at radius 2 is 1.69 bits per heavy atom. The smallest absolute Gasteiger partial charge is 0.378 e. The van der Waals surface area contributed by atoms with Crippen LogP contribution in [0.1, 0.15) is 63.9 Å². The average Bonchev–Trinajstić information content (AvgIpc) is 3.03. The molecule has 0 N–H and O–H groups in total. The Kier molecular flexibility index (Phi) is 9.68. The fourth-order valence-corrected chi connectivity index (χ4v) is 2.72. The number of carbonyl (C=O) groups excluding carboxylic acids is 3. The van der Waals surface area contributed by atoms with E-state index in [0.717, 1.165) is 23.9 Å². The van der Waals surface area contributed by atoms with Crippen LogP contribution in [0.5, 0.6) is 5.75 Å². The predicted molar refractivity (Wildman–Crippen MR) is 106 cm³/mol. The fourth-order valence-electron chi connectivity index (χ4n) is 2.72. The molecule has 8 nitrogen and oxygen atoms in total. The largest absolute Gasteiger partial charge is 0.494 e. The third-order valence-corrected chi connectivity index (χ3v) is 4.34. The highest BCUT2D eigenvalue weighted by molar-refractivity contribution is 6.23. The van der Waals surface area contributed by atoms with Crippen molar-refractivity contribution in [3.05, 3.63) is 29.8 Å². The lowest BCUT2D eigenvalue weighted by atomic mass is 10.1. The average molecular weight is 404 g/mol. The lowest BCUT2D eigenvalue weighted by Crippen LogP contribution is -2.32. The topological polar surface area (TPSA) is 94.5 Å². The van der Waals surface area contributed by atoms with Gasteiger partial charge < -0.3 is 14.4 Å². The quantitative estimate of drug-likeness (QED) is 0.216. The Bertz CT molecular complexity index is 686. The number of nitrogens with zero attached hydrogens (tertiary/aromatic N) is 2. The molecule has 0 bridgehead atoms. The number of imide groups is 1. The van der Waals surface area contributed by atoms with E-state index in [0.29, 0.717) is 11.7 Å². The van der Waals surface area contributed by atoms with Crippen molar-refractivity contribution < 1.29 is 28.8 Å². The van der Waals surface area contributed by atoms with Crippen LogP contribution in [0.3, 0.4) is 0 Å². The molecule has 1 aromatic carbocycles. The third kappa shape index (κ3) is 8.33. The number of unbranched alkanes of at least 4 members (excludes halogenated alkanes) is 5.